The molecule has 1 heterocycles. The number of carbonyl (C=O) groups is 1. The van der Waals surface area contributed by atoms with Crippen molar-refractivity contribution >= 4 is 5.91 Å². The predicted molar refractivity (Wildman–Crippen MR) is 67.5 cm³/mol. The van der Waals surface area contributed by atoms with Gasteiger partial charge in [-0.2, -0.15) is 0 Å². The molecule has 0 aromatic carbocycles. The highest BCUT2D eigenvalue weighted by atomic mass is 16.1. The monoisotopic (exact) mass is 235 g/mol. The maximum absolute atomic E-state index is 11.8. The lowest BCUT2D eigenvalue weighted by Gasteiger charge is -2.28. The molecule has 0 aliphatic carbocycles. The fourth-order valence-electron chi connectivity index (χ4n) is 1.54. The highest BCUT2D eigenvalue weighted by Crippen LogP contribution is 2.13. The highest BCUT2D eigenvalue weighted by molar-refractivity contribution is 5.76. The van der Waals surface area contributed by atoms with E-state index in [0.717, 1.165) is 18.4 Å². The van der Waals surface area contributed by atoms with Crippen LogP contribution in [0.25, 0.3) is 0 Å². The smallest absolute Gasteiger partial charge is 0.220 e. The van der Waals surface area contributed by atoms with Gasteiger partial charge < -0.3 is 5.32 Å². The SMILES string of the molecule is CCC(C)(CC)NC(=O)CCc1cncnc1. The van der Waals surface area contributed by atoms with E-state index in [1.165, 1.54) is 6.33 Å². The van der Waals surface area contributed by atoms with Gasteiger partial charge in [-0.1, -0.05) is 13.8 Å². The Morgan fingerprint density at radius 3 is 2.41 bits per heavy atom. The van der Waals surface area contributed by atoms with Crippen LogP contribution in [0.4, 0.5) is 0 Å². The van der Waals surface area contributed by atoms with Crippen molar-refractivity contribution in [2.24, 2.45) is 0 Å². The maximum Gasteiger partial charge on any atom is 0.220 e. The first-order valence-corrected chi connectivity index (χ1v) is 6.14. The van der Waals surface area contributed by atoms with Gasteiger partial charge in [0.15, 0.2) is 0 Å². The summed E-state index contributed by atoms with van der Waals surface area (Å²) in [5.41, 5.74) is 0.918. The Labute approximate surface area is 103 Å². The van der Waals surface area contributed by atoms with Crippen molar-refractivity contribution in [3.05, 3.63) is 24.3 Å². The van der Waals surface area contributed by atoms with Crippen LogP contribution in [0.5, 0.6) is 0 Å². The van der Waals surface area contributed by atoms with E-state index in [0.29, 0.717) is 12.8 Å². The molecule has 1 amide bonds. The number of aromatic nitrogens is 2. The Hall–Kier alpha value is -1.45. The number of hydrogen-bond acceptors (Lipinski definition) is 3. The van der Waals surface area contributed by atoms with Crippen molar-refractivity contribution in [2.45, 2.75) is 52.0 Å². The standard InChI is InChI=1S/C13H21N3O/c1-4-13(3,5-2)16-12(17)7-6-11-8-14-10-15-9-11/h8-10H,4-7H2,1-3H3,(H,16,17). The summed E-state index contributed by atoms with van der Waals surface area (Å²) in [6.45, 7) is 6.26. The van der Waals surface area contributed by atoms with E-state index < -0.39 is 0 Å². The third kappa shape index (κ3) is 4.51. The quantitative estimate of drug-likeness (QED) is 0.821. The van der Waals surface area contributed by atoms with E-state index in [9.17, 15) is 4.79 Å². The highest BCUT2D eigenvalue weighted by Gasteiger charge is 2.21. The fourth-order valence-corrected chi connectivity index (χ4v) is 1.54. The molecule has 1 N–H and O–H groups in total. The van der Waals surface area contributed by atoms with Gasteiger partial charge in [0.1, 0.15) is 6.33 Å². The van der Waals surface area contributed by atoms with E-state index >= 15 is 0 Å². The summed E-state index contributed by atoms with van der Waals surface area (Å²) in [5.74, 6) is 0.0973. The summed E-state index contributed by atoms with van der Waals surface area (Å²) in [5, 5.41) is 3.08. The number of nitrogens with one attached hydrogen (secondary N) is 1. The van der Waals surface area contributed by atoms with Gasteiger partial charge in [-0.25, -0.2) is 9.97 Å². The lowest BCUT2D eigenvalue weighted by Crippen LogP contribution is -2.45. The van der Waals surface area contributed by atoms with Gasteiger partial charge in [0.25, 0.3) is 0 Å². The number of amides is 1. The van der Waals surface area contributed by atoms with Crippen molar-refractivity contribution in [2.75, 3.05) is 0 Å². The second-order valence-electron chi connectivity index (χ2n) is 4.56. The molecule has 0 atom stereocenters. The predicted octanol–water partition coefficient (Wildman–Crippen LogP) is 2.10. The van der Waals surface area contributed by atoms with E-state index in [-0.39, 0.29) is 11.4 Å². The summed E-state index contributed by atoms with van der Waals surface area (Å²) in [4.78, 5) is 19.7. The third-order valence-electron chi connectivity index (χ3n) is 3.26. The number of hydrogen-bond donors (Lipinski definition) is 1. The average molecular weight is 235 g/mol. The van der Waals surface area contributed by atoms with Crippen LogP contribution in [-0.2, 0) is 11.2 Å². The second-order valence-corrected chi connectivity index (χ2v) is 4.56. The Bertz CT molecular complexity index is 347. The van der Waals surface area contributed by atoms with Crippen LogP contribution in [0.2, 0.25) is 0 Å². The zero-order valence-corrected chi connectivity index (χ0v) is 10.9. The third-order valence-corrected chi connectivity index (χ3v) is 3.26. The van der Waals surface area contributed by atoms with Gasteiger partial charge in [-0.3, -0.25) is 4.79 Å². The van der Waals surface area contributed by atoms with Crippen LogP contribution >= 0.6 is 0 Å². The molecular formula is C13H21N3O. The van der Waals surface area contributed by atoms with Crippen LogP contribution < -0.4 is 5.32 Å². The van der Waals surface area contributed by atoms with Crippen molar-refractivity contribution < 1.29 is 4.79 Å². The number of aryl methyl sites for hydroxylation is 1. The Morgan fingerprint density at radius 1 is 1.29 bits per heavy atom. The van der Waals surface area contributed by atoms with Gasteiger partial charge in [0.2, 0.25) is 5.91 Å². The van der Waals surface area contributed by atoms with Crippen LogP contribution in [-0.4, -0.2) is 21.4 Å². The zero-order chi connectivity index (χ0) is 12.7. The minimum Gasteiger partial charge on any atom is -0.351 e. The molecule has 0 fully saturated rings. The van der Waals surface area contributed by atoms with Crippen molar-refractivity contribution in [3.63, 3.8) is 0 Å². The van der Waals surface area contributed by atoms with Gasteiger partial charge in [-0.15, -0.1) is 0 Å². The minimum atomic E-state index is -0.0791. The topological polar surface area (TPSA) is 54.9 Å². The molecule has 0 saturated heterocycles. The van der Waals surface area contributed by atoms with Crippen LogP contribution in [0, 0.1) is 0 Å². The van der Waals surface area contributed by atoms with Crippen molar-refractivity contribution in [1.82, 2.24) is 15.3 Å². The first kappa shape index (κ1) is 13.6. The second kappa shape index (κ2) is 6.33. The lowest BCUT2D eigenvalue weighted by molar-refractivity contribution is -0.122. The molecule has 0 aliphatic rings. The molecule has 17 heavy (non-hydrogen) atoms. The molecular weight excluding hydrogens is 214 g/mol. The van der Waals surface area contributed by atoms with Crippen molar-refractivity contribution in [1.29, 1.82) is 0 Å². The molecule has 1 aromatic rings. The van der Waals surface area contributed by atoms with Gasteiger partial charge >= 0.3 is 0 Å². The zero-order valence-electron chi connectivity index (χ0n) is 10.9. The molecule has 0 saturated carbocycles. The molecule has 1 aromatic heterocycles. The molecule has 4 nitrogen and oxygen atoms in total. The molecule has 0 unspecified atom stereocenters. The first-order valence-electron chi connectivity index (χ1n) is 6.14. The van der Waals surface area contributed by atoms with Crippen molar-refractivity contribution in [3.8, 4) is 0 Å². The molecule has 94 valence electrons. The summed E-state index contributed by atoms with van der Waals surface area (Å²) in [7, 11) is 0. The number of carbonyl (C=O) groups excluding carboxylic acids is 1. The van der Waals surface area contributed by atoms with E-state index in [2.05, 4.69) is 36.1 Å². The maximum atomic E-state index is 11.8. The van der Waals surface area contributed by atoms with Gasteiger partial charge in [0.05, 0.1) is 0 Å². The molecule has 4 heteroatoms. The first-order chi connectivity index (χ1) is 8.09. The fraction of sp³-hybridized carbons (Fsp3) is 0.615. The van der Waals surface area contributed by atoms with E-state index in [1.54, 1.807) is 12.4 Å². The van der Waals surface area contributed by atoms with Gasteiger partial charge in [-0.05, 0) is 31.7 Å². The average Bonchev–Trinajstić information content (AvgIpc) is 2.37. The summed E-state index contributed by atoms with van der Waals surface area (Å²) in [6.07, 6.45) is 8.07. The van der Waals surface area contributed by atoms with E-state index in [4.69, 9.17) is 0 Å². The molecule has 0 radical (unpaired) electrons. The Kier molecular flexibility index (Phi) is 5.07. The van der Waals surface area contributed by atoms with Gasteiger partial charge in [0, 0.05) is 24.4 Å². The van der Waals surface area contributed by atoms with Crippen LogP contribution in [0.1, 0.15) is 45.6 Å². The Morgan fingerprint density at radius 2 is 1.88 bits per heavy atom. The summed E-state index contributed by atoms with van der Waals surface area (Å²) < 4.78 is 0. The van der Waals surface area contributed by atoms with E-state index in [1.807, 2.05) is 0 Å². The molecule has 0 bridgehead atoms. The molecule has 0 aliphatic heterocycles. The normalized spacial score (nSPS) is 11.2. The number of nitrogens with zero attached hydrogens (tertiary/aromatic N) is 2. The molecule has 0 spiro atoms. The molecule has 1 rings (SSSR count). The van der Waals surface area contributed by atoms with Crippen LogP contribution in [0.15, 0.2) is 18.7 Å². The largest absolute Gasteiger partial charge is 0.351 e. The Balaban J connectivity index is 2.40. The van der Waals surface area contributed by atoms with Crippen LogP contribution in [0.3, 0.4) is 0 Å². The lowest BCUT2D eigenvalue weighted by atomic mass is 9.95. The summed E-state index contributed by atoms with van der Waals surface area (Å²) in [6, 6.07) is 0. The number of rotatable bonds is 6. The minimum absolute atomic E-state index is 0.0791. The summed E-state index contributed by atoms with van der Waals surface area (Å²) >= 11 is 0.